The van der Waals surface area contributed by atoms with Crippen LogP contribution >= 0.6 is 11.6 Å². The lowest BCUT2D eigenvalue weighted by molar-refractivity contribution is 0.0660. The second kappa shape index (κ2) is 11.1. The Morgan fingerprint density at radius 2 is 1.71 bits per heavy atom. The van der Waals surface area contributed by atoms with Gasteiger partial charge in [-0.15, -0.1) is 0 Å². The number of hydrogen-bond acceptors (Lipinski definition) is 3. The van der Waals surface area contributed by atoms with Crippen LogP contribution in [0.2, 0.25) is 5.02 Å². The molecule has 0 saturated heterocycles. The zero-order valence-electron chi connectivity index (χ0n) is 18.2. The third-order valence-corrected chi connectivity index (χ3v) is 7.96. The van der Waals surface area contributed by atoms with Gasteiger partial charge in [0.2, 0.25) is 0 Å². The standard InChI is InChI=1S/C25H32ClNO3S/c1-2-17-27(23-9-5-3-4-6-10-23)25(28)21-14-12-20(13-15-21)16-18-31(29,30)24-11-7-8-22(26)19-24/h7-8,11-15,19,23H,2-6,9-10,16-18H2,1H3. The van der Waals surface area contributed by atoms with Gasteiger partial charge in [0, 0.05) is 23.2 Å². The van der Waals surface area contributed by atoms with Crippen LogP contribution in [0.1, 0.15) is 67.8 Å². The van der Waals surface area contributed by atoms with Crippen LogP contribution < -0.4 is 0 Å². The van der Waals surface area contributed by atoms with Crippen LogP contribution in [0.3, 0.4) is 0 Å². The van der Waals surface area contributed by atoms with Crippen molar-refractivity contribution < 1.29 is 13.2 Å². The van der Waals surface area contributed by atoms with Gasteiger partial charge in [-0.05, 0) is 61.6 Å². The molecule has 0 bridgehead atoms. The van der Waals surface area contributed by atoms with Gasteiger partial charge in [-0.2, -0.15) is 0 Å². The van der Waals surface area contributed by atoms with Crippen molar-refractivity contribution >= 4 is 27.3 Å². The predicted octanol–water partition coefficient (Wildman–Crippen LogP) is 5.93. The average Bonchev–Trinajstić information content (AvgIpc) is 3.05. The van der Waals surface area contributed by atoms with Crippen LogP contribution in [0.5, 0.6) is 0 Å². The number of halogens is 1. The van der Waals surface area contributed by atoms with E-state index in [1.807, 2.05) is 24.3 Å². The highest BCUT2D eigenvalue weighted by molar-refractivity contribution is 7.91. The van der Waals surface area contributed by atoms with E-state index < -0.39 is 9.84 Å². The highest BCUT2D eigenvalue weighted by Gasteiger charge is 2.25. The summed E-state index contributed by atoms with van der Waals surface area (Å²) in [6, 6.07) is 14.1. The Morgan fingerprint density at radius 3 is 2.32 bits per heavy atom. The van der Waals surface area contributed by atoms with E-state index in [1.54, 1.807) is 18.2 Å². The first-order valence-corrected chi connectivity index (χ1v) is 13.3. The molecular formula is C25H32ClNO3S. The second-order valence-corrected chi connectivity index (χ2v) is 10.9. The molecule has 2 aromatic rings. The van der Waals surface area contributed by atoms with Crippen LogP contribution in [0.25, 0.3) is 0 Å². The number of carbonyl (C=O) groups excluding carboxylic acids is 1. The predicted molar refractivity (Wildman–Crippen MR) is 126 cm³/mol. The number of rotatable bonds is 8. The van der Waals surface area contributed by atoms with Crippen LogP contribution in [0, 0.1) is 0 Å². The minimum absolute atomic E-state index is 0.00463. The highest BCUT2D eigenvalue weighted by atomic mass is 35.5. The molecule has 2 aromatic carbocycles. The summed E-state index contributed by atoms with van der Waals surface area (Å²) in [7, 11) is -3.41. The van der Waals surface area contributed by atoms with Crippen molar-refractivity contribution in [3.63, 3.8) is 0 Å². The topological polar surface area (TPSA) is 54.5 Å². The summed E-state index contributed by atoms with van der Waals surface area (Å²) >= 11 is 5.93. The fourth-order valence-electron chi connectivity index (χ4n) is 4.27. The summed E-state index contributed by atoms with van der Waals surface area (Å²) in [6.07, 6.45) is 8.42. The molecule has 6 heteroatoms. The Labute approximate surface area is 191 Å². The van der Waals surface area contributed by atoms with Gasteiger partial charge in [0.15, 0.2) is 9.84 Å². The molecule has 0 aliphatic heterocycles. The van der Waals surface area contributed by atoms with Gasteiger partial charge in [-0.25, -0.2) is 8.42 Å². The number of nitrogens with zero attached hydrogens (tertiary/aromatic N) is 1. The Balaban J connectivity index is 1.66. The Hall–Kier alpha value is -1.85. The van der Waals surface area contributed by atoms with Crippen LogP contribution in [-0.4, -0.2) is 37.6 Å². The first-order valence-electron chi connectivity index (χ1n) is 11.3. The highest BCUT2D eigenvalue weighted by Crippen LogP contribution is 2.24. The molecular weight excluding hydrogens is 430 g/mol. The average molecular weight is 462 g/mol. The number of benzene rings is 2. The largest absolute Gasteiger partial charge is 0.336 e. The van der Waals surface area contributed by atoms with Crippen molar-refractivity contribution in [2.24, 2.45) is 0 Å². The normalized spacial score (nSPS) is 15.4. The van der Waals surface area contributed by atoms with Gasteiger partial charge < -0.3 is 4.90 Å². The van der Waals surface area contributed by atoms with E-state index in [9.17, 15) is 13.2 Å². The summed E-state index contributed by atoms with van der Waals surface area (Å²) in [6.45, 7) is 2.89. The molecule has 1 aliphatic carbocycles. The number of aryl methyl sites for hydroxylation is 1. The van der Waals surface area contributed by atoms with E-state index in [0.29, 0.717) is 23.0 Å². The molecule has 0 aromatic heterocycles. The molecule has 1 amide bonds. The molecule has 4 nitrogen and oxygen atoms in total. The molecule has 31 heavy (non-hydrogen) atoms. The minimum Gasteiger partial charge on any atom is -0.336 e. The lowest BCUT2D eigenvalue weighted by atomic mass is 10.0. The van der Waals surface area contributed by atoms with E-state index in [0.717, 1.165) is 31.4 Å². The lowest BCUT2D eigenvalue weighted by Gasteiger charge is -2.31. The maximum atomic E-state index is 13.2. The molecule has 3 rings (SSSR count). The van der Waals surface area contributed by atoms with E-state index in [2.05, 4.69) is 11.8 Å². The number of carbonyl (C=O) groups is 1. The van der Waals surface area contributed by atoms with Gasteiger partial charge in [0.1, 0.15) is 0 Å². The monoisotopic (exact) mass is 461 g/mol. The molecule has 0 spiro atoms. The number of amides is 1. The second-order valence-electron chi connectivity index (χ2n) is 8.37. The zero-order valence-corrected chi connectivity index (χ0v) is 19.8. The van der Waals surface area contributed by atoms with Crippen LogP contribution in [0.4, 0.5) is 0 Å². The SMILES string of the molecule is CCCN(C(=O)c1ccc(CCS(=O)(=O)c2cccc(Cl)c2)cc1)C1CCCCCC1. The van der Waals surface area contributed by atoms with Crippen LogP contribution in [0.15, 0.2) is 53.4 Å². The fourth-order valence-corrected chi connectivity index (χ4v) is 5.86. The third-order valence-electron chi connectivity index (χ3n) is 6.01. The number of hydrogen-bond donors (Lipinski definition) is 0. The molecule has 1 aliphatic rings. The van der Waals surface area contributed by atoms with Crippen molar-refractivity contribution in [1.29, 1.82) is 0 Å². The molecule has 0 heterocycles. The maximum Gasteiger partial charge on any atom is 0.254 e. The summed E-state index contributed by atoms with van der Waals surface area (Å²) < 4.78 is 25.2. The summed E-state index contributed by atoms with van der Waals surface area (Å²) in [5.74, 6) is 0.0943. The molecule has 1 saturated carbocycles. The van der Waals surface area contributed by atoms with Crippen molar-refractivity contribution in [3.05, 3.63) is 64.7 Å². The first kappa shape index (κ1) is 23.8. The molecule has 0 atom stereocenters. The van der Waals surface area contributed by atoms with Gasteiger partial charge in [-0.1, -0.05) is 62.4 Å². The smallest absolute Gasteiger partial charge is 0.254 e. The van der Waals surface area contributed by atoms with Gasteiger partial charge in [0.05, 0.1) is 10.6 Å². The van der Waals surface area contributed by atoms with E-state index in [1.165, 1.54) is 31.7 Å². The molecule has 1 fully saturated rings. The zero-order chi connectivity index (χ0) is 22.3. The fraction of sp³-hybridized carbons (Fsp3) is 0.480. The van der Waals surface area contributed by atoms with E-state index in [4.69, 9.17) is 11.6 Å². The van der Waals surface area contributed by atoms with Crippen molar-refractivity contribution in [1.82, 2.24) is 4.90 Å². The lowest BCUT2D eigenvalue weighted by Crippen LogP contribution is -2.40. The Morgan fingerprint density at radius 1 is 1.03 bits per heavy atom. The third kappa shape index (κ3) is 6.56. The first-order chi connectivity index (χ1) is 14.9. The Bertz CT molecular complexity index is 965. The molecule has 0 unspecified atom stereocenters. The van der Waals surface area contributed by atoms with E-state index in [-0.39, 0.29) is 16.6 Å². The van der Waals surface area contributed by atoms with Gasteiger partial charge in [0.25, 0.3) is 5.91 Å². The summed E-state index contributed by atoms with van der Waals surface area (Å²) in [4.78, 5) is 15.5. The Kier molecular flexibility index (Phi) is 8.56. The molecule has 0 N–H and O–H groups in total. The van der Waals surface area contributed by atoms with Crippen molar-refractivity contribution in [2.45, 2.75) is 69.2 Å². The molecule has 0 radical (unpaired) electrons. The minimum atomic E-state index is -3.41. The van der Waals surface area contributed by atoms with Crippen LogP contribution in [-0.2, 0) is 16.3 Å². The van der Waals surface area contributed by atoms with Gasteiger partial charge >= 0.3 is 0 Å². The van der Waals surface area contributed by atoms with E-state index >= 15 is 0 Å². The van der Waals surface area contributed by atoms with Crippen molar-refractivity contribution in [2.75, 3.05) is 12.3 Å². The maximum absolute atomic E-state index is 13.2. The van der Waals surface area contributed by atoms with Gasteiger partial charge in [-0.3, -0.25) is 4.79 Å². The molecule has 168 valence electrons. The quantitative estimate of drug-likeness (QED) is 0.457. The van der Waals surface area contributed by atoms with Crippen molar-refractivity contribution in [3.8, 4) is 0 Å². The summed E-state index contributed by atoms with van der Waals surface area (Å²) in [5.41, 5.74) is 1.58. The summed E-state index contributed by atoms with van der Waals surface area (Å²) in [5, 5.41) is 0.411. The number of sulfone groups is 1.